The Morgan fingerprint density at radius 2 is 2.05 bits per heavy atom. The Hall–Kier alpha value is -1.68. The molecule has 3 rings (SSSR count). The number of hydrogen-bond donors (Lipinski definition) is 1. The van der Waals surface area contributed by atoms with Crippen molar-refractivity contribution in [2.24, 2.45) is 0 Å². The standard InChI is InChI=1S/C16H20FN3/c1-12-3-4-14(13(17)9-12)20-11-19-10-15(20)16(2)5-7-18-8-6-16/h3-4,9-11,18H,5-8H2,1-2H3. The number of nitrogens with one attached hydrogen (secondary N) is 1. The molecule has 0 radical (unpaired) electrons. The van der Waals surface area contributed by atoms with Crippen molar-refractivity contribution in [2.45, 2.75) is 32.1 Å². The number of halogens is 1. The van der Waals surface area contributed by atoms with Crippen LogP contribution in [0.15, 0.2) is 30.7 Å². The molecule has 2 heterocycles. The molecule has 1 fully saturated rings. The highest BCUT2D eigenvalue weighted by atomic mass is 19.1. The van der Waals surface area contributed by atoms with E-state index in [2.05, 4.69) is 17.2 Å². The first-order valence-electron chi connectivity index (χ1n) is 7.10. The summed E-state index contributed by atoms with van der Waals surface area (Å²) in [6, 6.07) is 5.34. The van der Waals surface area contributed by atoms with Gasteiger partial charge in [-0.2, -0.15) is 0 Å². The molecule has 2 aromatic rings. The summed E-state index contributed by atoms with van der Waals surface area (Å²) in [5.41, 5.74) is 2.67. The van der Waals surface area contributed by atoms with Crippen molar-refractivity contribution in [3.63, 3.8) is 0 Å². The third kappa shape index (κ3) is 2.24. The van der Waals surface area contributed by atoms with Crippen molar-refractivity contribution in [1.29, 1.82) is 0 Å². The minimum Gasteiger partial charge on any atom is -0.317 e. The Balaban J connectivity index is 2.05. The zero-order valence-electron chi connectivity index (χ0n) is 12.0. The van der Waals surface area contributed by atoms with Gasteiger partial charge in [0.2, 0.25) is 0 Å². The Kier molecular flexibility index (Phi) is 3.34. The highest BCUT2D eigenvalue weighted by Crippen LogP contribution is 2.34. The number of rotatable bonds is 2. The van der Waals surface area contributed by atoms with Crippen LogP contribution in [0.25, 0.3) is 5.69 Å². The molecule has 1 aliphatic rings. The Morgan fingerprint density at radius 3 is 2.75 bits per heavy atom. The van der Waals surface area contributed by atoms with Gasteiger partial charge >= 0.3 is 0 Å². The summed E-state index contributed by atoms with van der Waals surface area (Å²) in [5.74, 6) is -0.193. The Morgan fingerprint density at radius 1 is 1.30 bits per heavy atom. The van der Waals surface area contributed by atoms with E-state index in [1.807, 2.05) is 29.8 Å². The number of nitrogens with zero attached hydrogens (tertiary/aromatic N) is 2. The topological polar surface area (TPSA) is 29.9 Å². The maximum atomic E-state index is 14.2. The molecule has 0 spiro atoms. The lowest BCUT2D eigenvalue weighted by molar-refractivity contribution is 0.323. The lowest BCUT2D eigenvalue weighted by atomic mass is 9.78. The molecular weight excluding hydrogens is 253 g/mol. The van der Waals surface area contributed by atoms with Crippen molar-refractivity contribution in [3.8, 4) is 5.69 Å². The summed E-state index contributed by atoms with van der Waals surface area (Å²) in [5, 5.41) is 3.38. The van der Waals surface area contributed by atoms with Gasteiger partial charge in [0.1, 0.15) is 5.82 Å². The lowest BCUT2D eigenvalue weighted by Gasteiger charge is -2.34. The quantitative estimate of drug-likeness (QED) is 0.911. The minimum absolute atomic E-state index is 0.0546. The first kappa shape index (κ1) is 13.3. The number of benzene rings is 1. The van der Waals surface area contributed by atoms with Crippen LogP contribution in [0.3, 0.4) is 0 Å². The number of aryl methyl sites for hydroxylation is 1. The smallest absolute Gasteiger partial charge is 0.147 e. The number of imidazole rings is 1. The molecule has 20 heavy (non-hydrogen) atoms. The zero-order valence-corrected chi connectivity index (χ0v) is 12.0. The summed E-state index contributed by atoms with van der Waals surface area (Å²) in [6.45, 7) is 6.14. The van der Waals surface area contributed by atoms with Crippen LogP contribution in [0.2, 0.25) is 0 Å². The summed E-state index contributed by atoms with van der Waals surface area (Å²) in [4.78, 5) is 4.26. The van der Waals surface area contributed by atoms with Crippen LogP contribution >= 0.6 is 0 Å². The zero-order chi connectivity index (χ0) is 14.2. The molecule has 1 aliphatic heterocycles. The molecule has 0 unspecified atom stereocenters. The maximum absolute atomic E-state index is 14.2. The third-order valence-electron chi connectivity index (χ3n) is 4.33. The van der Waals surface area contributed by atoms with Gasteiger partial charge in [-0.05, 0) is 50.6 Å². The SMILES string of the molecule is Cc1ccc(-n2cncc2C2(C)CCNCC2)c(F)c1. The van der Waals surface area contributed by atoms with Gasteiger partial charge in [-0.15, -0.1) is 0 Å². The van der Waals surface area contributed by atoms with Gasteiger partial charge in [-0.1, -0.05) is 13.0 Å². The van der Waals surface area contributed by atoms with Crippen LogP contribution in [0, 0.1) is 12.7 Å². The molecule has 0 amide bonds. The van der Waals surface area contributed by atoms with E-state index in [0.29, 0.717) is 5.69 Å². The molecule has 4 heteroatoms. The molecule has 0 bridgehead atoms. The van der Waals surface area contributed by atoms with E-state index in [4.69, 9.17) is 0 Å². The average molecular weight is 273 g/mol. The molecule has 1 saturated heterocycles. The molecule has 0 aliphatic carbocycles. The van der Waals surface area contributed by atoms with Crippen molar-refractivity contribution in [1.82, 2.24) is 14.9 Å². The fourth-order valence-corrected chi connectivity index (χ4v) is 2.98. The second-order valence-electron chi connectivity index (χ2n) is 5.91. The normalized spacial score (nSPS) is 18.1. The van der Waals surface area contributed by atoms with E-state index < -0.39 is 0 Å². The monoisotopic (exact) mass is 273 g/mol. The van der Waals surface area contributed by atoms with E-state index in [1.54, 1.807) is 12.4 Å². The van der Waals surface area contributed by atoms with Crippen LogP contribution in [0.4, 0.5) is 4.39 Å². The van der Waals surface area contributed by atoms with Gasteiger partial charge in [-0.25, -0.2) is 9.37 Å². The van der Waals surface area contributed by atoms with Crippen LogP contribution in [0.5, 0.6) is 0 Å². The van der Waals surface area contributed by atoms with E-state index in [0.717, 1.165) is 37.2 Å². The molecule has 3 nitrogen and oxygen atoms in total. The van der Waals surface area contributed by atoms with Gasteiger partial charge in [0.15, 0.2) is 0 Å². The number of hydrogen-bond acceptors (Lipinski definition) is 2. The fourth-order valence-electron chi connectivity index (χ4n) is 2.98. The van der Waals surface area contributed by atoms with Crippen molar-refractivity contribution >= 4 is 0 Å². The van der Waals surface area contributed by atoms with Gasteiger partial charge in [0.05, 0.1) is 12.0 Å². The van der Waals surface area contributed by atoms with E-state index in [9.17, 15) is 4.39 Å². The van der Waals surface area contributed by atoms with Crippen LogP contribution in [-0.4, -0.2) is 22.6 Å². The highest BCUT2D eigenvalue weighted by Gasteiger charge is 2.32. The van der Waals surface area contributed by atoms with Crippen molar-refractivity contribution in [2.75, 3.05) is 13.1 Å². The Labute approximate surface area is 118 Å². The molecular formula is C16H20FN3. The fraction of sp³-hybridized carbons (Fsp3) is 0.438. The molecule has 106 valence electrons. The molecule has 1 N–H and O–H groups in total. The molecule has 0 saturated carbocycles. The minimum atomic E-state index is -0.193. The van der Waals surface area contributed by atoms with Gasteiger partial charge in [-0.3, -0.25) is 4.57 Å². The first-order valence-corrected chi connectivity index (χ1v) is 7.10. The van der Waals surface area contributed by atoms with Crippen LogP contribution in [-0.2, 0) is 5.41 Å². The van der Waals surface area contributed by atoms with E-state index in [-0.39, 0.29) is 11.2 Å². The van der Waals surface area contributed by atoms with Gasteiger partial charge in [0.25, 0.3) is 0 Å². The van der Waals surface area contributed by atoms with Crippen LogP contribution < -0.4 is 5.32 Å². The average Bonchev–Trinajstić information content (AvgIpc) is 2.89. The highest BCUT2D eigenvalue weighted by molar-refractivity contribution is 5.39. The summed E-state index contributed by atoms with van der Waals surface area (Å²) in [6.07, 6.45) is 5.69. The lowest BCUT2D eigenvalue weighted by Crippen LogP contribution is -2.38. The van der Waals surface area contributed by atoms with Crippen LogP contribution in [0.1, 0.15) is 31.0 Å². The second kappa shape index (κ2) is 5.02. The van der Waals surface area contributed by atoms with Gasteiger partial charge < -0.3 is 5.32 Å². The van der Waals surface area contributed by atoms with Crippen molar-refractivity contribution < 1.29 is 4.39 Å². The summed E-state index contributed by atoms with van der Waals surface area (Å²) >= 11 is 0. The van der Waals surface area contributed by atoms with E-state index >= 15 is 0 Å². The number of piperidine rings is 1. The summed E-state index contributed by atoms with van der Waals surface area (Å²) < 4.78 is 16.1. The Bertz CT molecular complexity index is 612. The number of aromatic nitrogens is 2. The van der Waals surface area contributed by atoms with Gasteiger partial charge in [0, 0.05) is 17.3 Å². The second-order valence-corrected chi connectivity index (χ2v) is 5.91. The maximum Gasteiger partial charge on any atom is 0.147 e. The van der Waals surface area contributed by atoms with E-state index in [1.165, 1.54) is 0 Å². The predicted molar refractivity (Wildman–Crippen MR) is 77.7 cm³/mol. The van der Waals surface area contributed by atoms with Crippen molar-refractivity contribution in [3.05, 3.63) is 47.8 Å². The molecule has 1 aromatic carbocycles. The largest absolute Gasteiger partial charge is 0.317 e. The molecule has 1 aromatic heterocycles. The third-order valence-corrected chi connectivity index (χ3v) is 4.33. The predicted octanol–water partition coefficient (Wildman–Crippen LogP) is 2.96. The summed E-state index contributed by atoms with van der Waals surface area (Å²) in [7, 11) is 0. The first-order chi connectivity index (χ1) is 9.60. The molecule has 0 atom stereocenters.